The quantitative estimate of drug-likeness (QED) is 0.496. The summed E-state index contributed by atoms with van der Waals surface area (Å²) >= 11 is 0.0450. The van der Waals surface area contributed by atoms with Gasteiger partial charge in [-0.25, -0.2) is 0 Å². The zero-order valence-corrected chi connectivity index (χ0v) is 6.55. The van der Waals surface area contributed by atoms with E-state index >= 15 is 0 Å². The second kappa shape index (κ2) is 2.35. The van der Waals surface area contributed by atoms with E-state index in [2.05, 4.69) is 16.2 Å². The zero-order valence-electron chi connectivity index (χ0n) is 4.39. The minimum Gasteiger partial charge on any atom is -0.265 e. The van der Waals surface area contributed by atoms with Crippen LogP contribution < -0.4 is 0 Å². The van der Waals surface area contributed by atoms with Gasteiger partial charge < -0.3 is 0 Å². The Morgan fingerprint density at radius 1 is 1.50 bits per heavy atom. The van der Waals surface area contributed by atoms with Gasteiger partial charge in [-0.15, -0.1) is 0 Å². The first kappa shape index (κ1) is 5.88. The predicted octanol–water partition coefficient (Wildman–Crippen LogP) is 1.87. The van der Waals surface area contributed by atoms with E-state index in [-0.39, 0.29) is 20.7 Å². The molecule has 1 aliphatic rings. The number of allylic oxidation sites excluding steroid dienone is 3. The van der Waals surface area contributed by atoms with E-state index in [9.17, 15) is 0 Å². The maximum absolute atomic E-state index is 3.81. The van der Waals surface area contributed by atoms with Gasteiger partial charge in [0.05, 0.1) is 5.70 Å². The van der Waals surface area contributed by atoms with Crippen LogP contribution in [0.15, 0.2) is 26.4 Å². The third-order valence-electron chi connectivity index (χ3n) is 0.908. The third kappa shape index (κ3) is 0.940. The molecule has 0 amide bonds. The number of halogens is 1. The van der Waals surface area contributed by atoms with Gasteiger partial charge in [0.25, 0.3) is 0 Å². The minimum atomic E-state index is 0.0450. The largest absolute Gasteiger partial charge is 0.265 e. The molecular formula is C6H6IN. The number of hydrogen-bond acceptors (Lipinski definition) is 1. The molecule has 0 atom stereocenters. The highest BCUT2D eigenvalue weighted by Gasteiger charge is 2.00. The molecule has 8 heavy (non-hydrogen) atoms. The van der Waals surface area contributed by atoms with Crippen molar-refractivity contribution in [2.24, 2.45) is 4.99 Å². The van der Waals surface area contributed by atoms with Gasteiger partial charge in [0.2, 0.25) is 0 Å². The minimum absolute atomic E-state index is 0.0450. The molecule has 0 aliphatic heterocycles. The Morgan fingerprint density at radius 2 is 2.12 bits per heavy atom. The summed E-state index contributed by atoms with van der Waals surface area (Å²) in [4.78, 5) is 3.72. The van der Waals surface area contributed by atoms with Crippen LogP contribution in [0, 0.1) is 0 Å². The van der Waals surface area contributed by atoms with Crippen LogP contribution in [0.25, 0.3) is 0 Å². The van der Waals surface area contributed by atoms with E-state index in [0.29, 0.717) is 0 Å². The highest BCUT2D eigenvalue weighted by Crippen LogP contribution is 2.26. The summed E-state index contributed by atoms with van der Waals surface area (Å²) in [5, 5.41) is 0. The average Bonchev–Trinajstić information content (AvgIpc) is 1.65. The van der Waals surface area contributed by atoms with Crippen LogP contribution >= 0.6 is 20.7 Å². The van der Waals surface area contributed by atoms with Crippen molar-refractivity contribution in [3.05, 3.63) is 21.4 Å². The molecule has 1 nitrogen and oxygen atoms in total. The Balaban J connectivity index is 2.56. The Hall–Kier alpha value is -0.250. The molecule has 42 valence electrons. The third-order valence-corrected chi connectivity index (χ3v) is 2.41. The van der Waals surface area contributed by atoms with Crippen molar-refractivity contribution in [1.29, 1.82) is 0 Å². The fraction of sp³-hybridized carbons (Fsp3) is 0. The first-order chi connectivity index (χ1) is 3.86. The lowest BCUT2D eigenvalue weighted by molar-refractivity contribution is 1.38. The van der Waals surface area contributed by atoms with Gasteiger partial charge in [-0.2, -0.15) is 0 Å². The summed E-state index contributed by atoms with van der Waals surface area (Å²) in [6.45, 7) is 3.38. The molecule has 0 radical (unpaired) electrons. The Morgan fingerprint density at radius 3 is 2.50 bits per heavy atom. The van der Waals surface area contributed by atoms with Crippen molar-refractivity contribution < 1.29 is 0 Å². The topological polar surface area (TPSA) is 12.4 Å². The van der Waals surface area contributed by atoms with E-state index in [4.69, 9.17) is 0 Å². The lowest BCUT2D eigenvalue weighted by Crippen LogP contribution is -1.83. The Bertz CT molecular complexity index is 161. The molecular weight excluding hydrogens is 213 g/mol. The van der Waals surface area contributed by atoms with Gasteiger partial charge in [-0.3, -0.25) is 4.99 Å². The maximum atomic E-state index is 3.81. The predicted molar refractivity (Wildman–Crippen MR) is 46.9 cm³/mol. The molecule has 0 saturated carbocycles. The van der Waals surface area contributed by atoms with Crippen LogP contribution in [0.2, 0.25) is 0 Å². The second-order valence-corrected chi connectivity index (χ2v) is 3.40. The fourth-order valence-electron chi connectivity index (χ4n) is 0.438. The van der Waals surface area contributed by atoms with Crippen LogP contribution in [0.1, 0.15) is 0 Å². The normalized spacial score (nSPS) is 16.0. The molecule has 1 aliphatic carbocycles. The van der Waals surface area contributed by atoms with Crippen molar-refractivity contribution in [3.63, 3.8) is 0 Å². The van der Waals surface area contributed by atoms with Gasteiger partial charge in [-0.1, -0.05) is 25.2 Å². The van der Waals surface area contributed by atoms with Gasteiger partial charge in [0.1, 0.15) is 0 Å². The Kier molecular flexibility index (Phi) is 1.73. The van der Waals surface area contributed by atoms with Crippen molar-refractivity contribution in [3.8, 4) is 0 Å². The van der Waals surface area contributed by atoms with Crippen molar-refractivity contribution >= 4 is 32.0 Å². The van der Waals surface area contributed by atoms with Crippen molar-refractivity contribution in [2.75, 3.05) is 0 Å². The summed E-state index contributed by atoms with van der Waals surface area (Å²) in [6, 6.07) is 0. The monoisotopic (exact) mass is 219 g/mol. The maximum Gasteiger partial charge on any atom is 0.0643 e. The van der Waals surface area contributed by atoms with E-state index < -0.39 is 0 Å². The van der Waals surface area contributed by atoms with E-state index in [0.717, 1.165) is 5.70 Å². The summed E-state index contributed by atoms with van der Waals surface area (Å²) in [6.07, 6.45) is 4.07. The number of rotatable bonds is 2. The van der Waals surface area contributed by atoms with E-state index in [1.165, 1.54) is 3.58 Å². The Labute approximate surface area is 58.6 Å². The lowest BCUT2D eigenvalue weighted by atomic mass is 10.2. The highest BCUT2D eigenvalue weighted by molar-refractivity contribution is 14.2. The zero-order chi connectivity index (χ0) is 5.98. The van der Waals surface area contributed by atoms with E-state index in [1.807, 2.05) is 12.2 Å². The van der Waals surface area contributed by atoms with Crippen LogP contribution in [0.5, 0.6) is 0 Å². The first-order valence-electron chi connectivity index (χ1n) is 2.15. The van der Waals surface area contributed by atoms with Crippen LogP contribution in [0.3, 0.4) is 0 Å². The molecule has 0 aromatic carbocycles. The summed E-state index contributed by atoms with van der Waals surface area (Å²) in [5.41, 5.74) is 1.00. The van der Waals surface area contributed by atoms with Gasteiger partial charge in [-0.05, 0) is 18.9 Å². The standard InChI is InChI=1S/C6H6IN/c1-7-5-3-6(4-5)8-2/h3-4H,1-2H2. The van der Waals surface area contributed by atoms with Gasteiger partial charge in [0, 0.05) is 3.58 Å². The van der Waals surface area contributed by atoms with Crippen molar-refractivity contribution in [2.45, 2.75) is 0 Å². The SMILES string of the molecule is C=NC1=CC(I=C)=C1. The summed E-state index contributed by atoms with van der Waals surface area (Å²) in [7, 11) is 0. The molecule has 2 heteroatoms. The molecule has 0 fully saturated rings. The number of nitrogens with zero attached hydrogens (tertiary/aromatic N) is 1. The number of aliphatic imine (C=N–C) groups is 1. The molecule has 0 unspecified atom stereocenters. The van der Waals surface area contributed by atoms with Crippen molar-refractivity contribution in [1.82, 2.24) is 0 Å². The summed E-state index contributed by atoms with van der Waals surface area (Å²) in [5.74, 6) is 0. The van der Waals surface area contributed by atoms with Crippen LogP contribution in [-0.2, 0) is 0 Å². The summed E-state index contributed by atoms with van der Waals surface area (Å²) < 4.78 is 5.18. The van der Waals surface area contributed by atoms with Crippen LogP contribution in [-0.4, -0.2) is 11.2 Å². The molecule has 0 aromatic heterocycles. The smallest absolute Gasteiger partial charge is 0.0643 e. The molecule has 0 spiro atoms. The molecule has 0 aromatic rings. The molecule has 0 heterocycles. The molecule has 0 saturated heterocycles. The molecule has 0 N–H and O–H groups in total. The van der Waals surface area contributed by atoms with Crippen LogP contribution in [0.4, 0.5) is 0 Å². The lowest BCUT2D eigenvalue weighted by Gasteiger charge is -2.03. The average molecular weight is 219 g/mol. The van der Waals surface area contributed by atoms with Gasteiger partial charge in [0.15, 0.2) is 0 Å². The number of hydrogen-bond donors (Lipinski definition) is 0. The highest BCUT2D eigenvalue weighted by atomic mass is 127. The van der Waals surface area contributed by atoms with Gasteiger partial charge >= 0.3 is 0 Å². The molecule has 0 bridgehead atoms. The second-order valence-electron chi connectivity index (χ2n) is 1.39. The molecule has 1 rings (SSSR count). The first-order valence-corrected chi connectivity index (χ1v) is 4.76. The fourth-order valence-corrected chi connectivity index (χ4v) is 1.52. The van der Waals surface area contributed by atoms with E-state index in [1.54, 1.807) is 0 Å².